The minimum absolute atomic E-state index is 0.0276. The van der Waals surface area contributed by atoms with Gasteiger partial charge >= 0.3 is 0 Å². The topological polar surface area (TPSA) is 97.2 Å². The van der Waals surface area contributed by atoms with Crippen LogP contribution in [0.4, 0.5) is 10.2 Å². The number of anilines is 1. The first kappa shape index (κ1) is 26.3. The molecular formula is C25H29FN6O2S3. The molecule has 0 saturated heterocycles. The number of rotatable bonds is 6. The van der Waals surface area contributed by atoms with E-state index in [2.05, 4.69) is 77.1 Å². The van der Waals surface area contributed by atoms with Gasteiger partial charge in [0, 0.05) is 24.1 Å². The van der Waals surface area contributed by atoms with Gasteiger partial charge in [0.2, 0.25) is 9.48 Å². The van der Waals surface area contributed by atoms with Gasteiger partial charge < -0.3 is 14.7 Å². The van der Waals surface area contributed by atoms with Crippen molar-refractivity contribution in [3.05, 3.63) is 36.7 Å². The van der Waals surface area contributed by atoms with Crippen LogP contribution in [0.3, 0.4) is 0 Å². The van der Waals surface area contributed by atoms with E-state index in [4.69, 9.17) is 4.74 Å². The summed E-state index contributed by atoms with van der Waals surface area (Å²) in [4.78, 5) is 6.30. The van der Waals surface area contributed by atoms with Gasteiger partial charge in [0.05, 0.1) is 24.0 Å². The first-order valence-electron chi connectivity index (χ1n) is 12.0. The number of nitrogens with zero attached hydrogens (tertiary/aromatic N) is 6. The van der Waals surface area contributed by atoms with E-state index in [1.54, 1.807) is 30.5 Å². The summed E-state index contributed by atoms with van der Waals surface area (Å²) in [5.41, 5.74) is 1.61. The zero-order valence-corrected chi connectivity index (χ0v) is 23.4. The molecule has 0 amide bonds. The summed E-state index contributed by atoms with van der Waals surface area (Å²) in [6.07, 6.45) is 5.85. The fraction of sp³-hybridized carbons (Fsp3) is 0.480. The summed E-state index contributed by atoms with van der Waals surface area (Å²) in [6.45, 7) is 4.32. The minimum atomic E-state index is -1.32. The van der Waals surface area contributed by atoms with Crippen LogP contribution in [-0.2, 0) is 0 Å². The van der Waals surface area contributed by atoms with Crippen molar-refractivity contribution >= 4 is 43.7 Å². The molecule has 2 aromatic heterocycles. The van der Waals surface area contributed by atoms with Gasteiger partial charge in [0.25, 0.3) is 0 Å². The lowest BCUT2D eigenvalue weighted by Crippen LogP contribution is -2.52. The van der Waals surface area contributed by atoms with Crippen molar-refractivity contribution in [3.63, 3.8) is 0 Å². The maximum absolute atomic E-state index is 15.5. The van der Waals surface area contributed by atoms with Crippen LogP contribution in [-0.4, -0.2) is 53.3 Å². The zero-order valence-electron chi connectivity index (χ0n) is 20.7. The maximum Gasteiger partial charge on any atom is 0.243 e. The highest BCUT2D eigenvalue weighted by molar-refractivity contribution is 8.16. The number of halogens is 1. The third-order valence-corrected chi connectivity index (χ3v) is 7.96. The molecule has 2 aliphatic rings. The molecule has 196 valence electrons. The third kappa shape index (κ3) is 5.33. The molecule has 4 atom stereocenters. The number of aromatic hydroxyl groups is 1. The number of ether oxygens (including phenoxy) is 1. The Morgan fingerprint density at radius 3 is 2.54 bits per heavy atom. The second-order valence-corrected chi connectivity index (χ2v) is 13.7. The van der Waals surface area contributed by atoms with E-state index in [9.17, 15) is 5.11 Å². The van der Waals surface area contributed by atoms with E-state index < -0.39 is 9.77 Å². The van der Waals surface area contributed by atoms with Crippen LogP contribution < -0.4 is 9.64 Å². The van der Waals surface area contributed by atoms with Gasteiger partial charge in [-0.2, -0.15) is 5.10 Å². The number of hydrogen-bond acceptors (Lipinski definition) is 11. The van der Waals surface area contributed by atoms with Crippen LogP contribution in [0, 0.1) is 10.8 Å². The monoisotopic (exact) mass is 560 g/mol. The number of aromatic nitrogens is 5. The molecular weight excluding hydrogens is 532 g/mol. The van der Waals surface area contributed by atoms with Crippen LogP contribution in [0.15, 0.2) is 36.7 Å². The standard InChI is InChI=1S/C25H29FN6O2S3/c1-23-6-7-24(2,13-23)21(26)17(10-23)32(3)19-12-27-22(31-29-19)16-5-4-14(8-18(16)33)15-9-20(30-28-11-15)34-25(35,36)37/h4-5,8-9,11-12,17,21,33,35-37H,6-7,10,13H2,1-3H3/t17-,21-,23-,24-/m0/s1. The van der Waals surface area contributed by atoms with Crippen molar-refractivity contribution in [2.24, 2.45) is 10.8 Å². The summed E-state index contributed by atoms with van der Waals surface area (Å²) in [5.74, 6) is 0.922. The molecule has 37 heavy (non-hydrogen) atoms. The Morgan fingerprint density at radius 2 is 1.86 bits per heavy atom. The molecule has 0 aliphatic heterocycles. The summed E-state index contributed by atoms with van der Waals surface area (Å²) >= 11 is 12.3. The average molecular weight is 561 g/mol. The van der Waals surface area contributed by atoms with E-state index in [0.717, 1.165) is 25.7 Å². The number of benzene rings is 1. The number of thiol groups is 3. The van der Waals surface area contributed by atoms with Gasteiger partial charge in [-0.15, -0.1) is 53.2 Å². The van der Waals surface area contributed by atoms with Gasteiger partial charge in [-0.05, 0) is 48.8 Å². The number of phenols is 1. The molecule has 0 unspecified atom stereocenters. The number of alkyl halides is 1. The highest BCUT2D eigenvalue weighted by Crippen LogP contribution is 2.59. The predicted octanol–water partition coefficient (Wildman–Crippen LogP) is 5.22. The molecule has 2 fully saturated rings. The second-order valence-electron chi connectivity index (χ2n) is 10.8. The van der Waals surface area contributed by atoms with Crippen LogP contribution in [0.5, 0.6) is 11.6 Å². The van der Waals surface area contributed by atoms with Crippen LogP contribution in [0.25, 0.3) is 22.5 Å². The van der Waals surface area contributed by atoms with E-state index in [0.29, 0.717) is 22.5 Å². The lowest BCUT2D eigenvalue weighted by molar-refractivity contribution is 0.0380. The predicted molar refractivity (Wildman–Crippen MR) is 150 cm³/mol. The highest BCUT2D eigenvalue weighted by Gasteiger charge is 2.56. The molecule has 1 aromatic carbocycles. The molecule has 5 rings (SSSR count). The Kier molecular flexibility index (Phi) is 6.73. The highest BCUT2D eigenvalue weighted by atomic mass is 32.2. The van der Waals surface area contributed by atoms with Crippen molar-refractivity contribution in [1.82, 2.24) is 25.4 Å². The van der Waals surface area contributed by atoms with Crippen molar-refractivity contribution in [2.45, 2.75) is 55.3 Å². The Labute approximate surface area is 231 Å². The number of hydrogen-bond donors (Lipinski definition) is 4. The molecule has 0 spiro atoms. The fourth-order valence-electron chi connectivity index (χ4n) is 5.87. The quantitative estimate of drug-likeness (QED) is 0.241. The average Bonchev–Trinajstić information content (AvgIpc) is 3.12. The molecule has 2 saturated carbocycles. The Hall–Kier alpha value is -2.31. The second kappa shape index (κ2) is 9.46. The fourth-order valence-corrected chi connectivity index (χ4v) is 6.15. The van der Waals surface area contributed by atoms with Crippen LogP contribution >= 0.6 is 37.9 Å². The summed E-state index contributed by atoms with van der Waals surface area (Å²) in [5, 5.41) is 27.1. The first-order valence-corrected chi connectivity index (χ1v) is 13.3. The van der Waals surface area contributed by atoms with E-state index in [-0.39, 0.29) is 34.3 Å². The Balaban J connectivity index is 1.35. The van der Waals surface area contributed by atoms with Gasteiger partial charge in [-0.3, -0.25) is 0 Å². The zero-order chi connectivity index (χ0) is 26.6. The van der Waals surface area contributed by atoms with Crippen molar-refractivity contribution in [2.75, 3.05) is 11.9 Å². The van der Waals surface area contributed by atoms with Gasteiger partial charge in [0.15, 0.2) is 11.6 Å². The lowest BCUT2D eigenvalue weighted by Gasteiger charge is -2.46. The molecule has 2 heterocycles. The van der Waals surface area contributed by atoms with Gasteiger partial charge in [0.1, 0.15) is 11.9 Å². The summed E-state index contributed by atoms with van der Waals surface area (Å²) < 4.78 is 19.6. The van der Waals surface area contributed by atoms with Gasteiger partial charge in [-0.25, -0.2) is 9.37 Å². The van der Waals surface area contributed by atoms with Crippen molar-refractivity contribution in [1.29, 1.82) is 0 Å². The van der Waals surface area contributed by atoms with E-state index in [1.807, 2.05) is 11.9 Å². The van der Waals surface area contributed by atoms with Gasteiger partial charge in [-0.1, -0.05) is 19.9 Å². The van der Waals surface area contributed by atoms with E-state index >= 15 is 4.39 Å². The molecule has 0 radical (unpaired) electrons. The lowest BCUT2D eigenvalue weighted by atomic mass is 9.67. The molecule has 8 nitrogen and oxygen atoms in total. The molecule has 2 aliphatic carbocycles. The largest absolute Gasteiger partial charge is 0.507 e. The number of fused-ring (bicyclic) bond motifs is 2. The van der Waals surface area contributed by atoms with Crippen molar-refractivity contribution in [3.8, 4) is 34.1 Å². The Morgan fingerprint density at radius 1 is 1.08 bits per heavy atom. The maximum atomic E-state index is 15.5. The summed E-state index contributed by atoms with van der Waals surface area (Å²) in [7, 11) is 1.85. The van der Waals surface area contributed by atoms with Crippen LogP contribution in [0.2, 0.25) is 0 Å². The Bertz CT molecular complexity index is 1310. The SMILES string of the molecule is CN(c1cnc(-c2ccc(-c3cnnc(OC(S)(S)S)c3)cc2O)nn1)[C@H]1C[C@]2(C)CC[C@@](C)(C2)[C@H]1F. The third-order valence-electron chi connectivity index (χ3n) is 7.69. The molecule has 2 bridgehead atoms. The molecule has 3 aromatic rings. The van der Waals surface area contributed by atoms with Crippen LogP contribution in [0.1, 0.15) is 39.5 Å². The summed E-state index contributed by atoms with van der Waals surface area (Å²) in [6, 6.07) is 6.42. The first-order chi connectivity index (χ1) is 17.4. The minimum Gasteiger partial charge on any atom is -0.507 e. The number of phenolic OH excluding ortho intramolecular Hbond substituents is 1. The van der Waals surface area contributed by atoms with Crippen molar-refractivity contribution < 1.29 is 14.2 Å². The molecule has 12 heteroatoms. The molecule has 1 N–H and O–H groups in total. The smallest absolute Gasteiger partial charge is 0.243 e. The normalized spacial score (nSPS) is 27.2. The van der Waals surface area contributed by atoms with E-state index in [1.165, 1.54) is 6.20 Å².